The van der Waals surface area contributed by atoms with E-state index in [9.17, 15) is 9.59 Å². The molecule has 0 heterocycles. The lowest BCUT2D eigenvalue weighted by Gasteiger charge is -2.18. The predicted octanol–water partition coefficient (Wildman–Crippen LogP) is 2.38. The van der Waals surface area contributed by atoms with Crippen LogP contribution in [0.4, 0.5) is 0 Å². The minimum absolute atomic E-state index is 0.0516. The fourth-order valence-electron chi connectivity index (χ4n) is 2.35. The van der Waals surface area contributed by atoms with Crippen molar-refractivity contribution in [1.82, 2.24) is 0 Å². The van der Waals surface area contributed by atoms with Gasteiger partial charge in [0, 0.05) is 12.0 Å². The van der Waals surface area contributed by atoms with E-state index in [0.717, 1.165) is 30.4 Å². The first-order chi connectivity index (χ1) is 8.22. The molecule has 1 aromatic carbocycles. The summed E-state index contributed by atoms with van der Waals surface area (Å²) in [6, 6.07) is 7.65. The van der Waals surface area contributed by atoms with E-state index in [-0.39, 0.29) is 24.1 Å². The van der Waals surface area contributed by atoms with Gasteiger partial charge in [-0.2, -0.15) is 0 Å². The van der Waals surface area contributed by atoms with Crippen molar-refractivity contribution in [3.05, 3.63) is 35.4 Å². The summed E-state index contributed by atoms with van der Waals surface area (Å²) in [6.45, 7) is 0. The van der Waals surface area contributed by atoms with Crippen molar-refractivity contribution in [2.24, 2.45) is 5.92 Å². The van der Waals surface area contributed by atoms with Gasteiger partial charge in [-0.3, -0.25) is 9.59 Å². The first kappa shape index (κ1) is 11.8. The second-order valence-electron chi connectivity index (χ2n) is 4.40. The number of benzene rings is 1. The van der Waals surface area contributed by atoms with E-state index in [2.05, 4.69) is 0 Å². The minimum atomic E-state index is -0.277. The highest BCUT2D eigenvalue weighted by Crippen LogP contribution is 2.24. The molecule has 0 aromatic heterocycles. The molecule has 1 unspecified atom stereocenters. The summed E-state index contributed by atoms with van der Waals surface area (Å²) in [7, 11) is 1.37. The Hall–Kier alpha value is -1.64. The van der Waals surface area contributed by atoms with Crippen LogP contribution in [-0.2, 0) is 16.0 Å². The van der Waals surface area contributed by atoms with E-state index in [1.54, 1.807) is 0 Å². The molecule has 0 bridgehead atoms. The van der Waals surface area contributed by atoms with Crippen molar-refractivity contribution < 1.29 is 14.3 Å². The maximum absolute atomic E-state index is 12.1. The Morgan fingerprint density at radius 1 is 1.35 bits per heavy atom. The van der Waals surface area contributed by atoms with Gasteiger partial charge in [0.15, 0.2) is 5.78 Å². The average molecular weight is 232 g/mol. The van der Waals surface area contributed by atoms with Crippen LogP contribution in [0, 0.1) is 5.92 Å². The summed E-state index contributed by atoms with van der Waals surface area (Å²) in [5, 5.41) is 0. The molecule has 3 heteroatoms. The number of aryl methyl sites for hydroxylation is 1. The molecule has 2 rings (SSSR count). The predicted molar refractivity (Wildman–Crippen MR) is 63.8 cm³/mol. The molecule has 0 amide bonds. The number of Topliss-reactive ketones (excluding diaryl/α,β-unsaturated/α-hetero) is 1. The van der Waals surface area contributed by atoms with Gasteiger partial charge in [-0.05, 0) is 24.8 Å². The second kappa shape index (κ2) is 5.13. The van der Waals surface area contributed by atoms with Crippen LogP contribution in [0.5, 0.6) is 0 Å². The normalized spacial score (nSPS) is 20.1. The first-order valence-electron chi connectivity index (χ1n) is 5.91. The van der Waals surface area contributed by atoms with Crippen molar-refractivity contribution in [3.63, 3.8) is 0 Å². The second-order valence-corrected chi connectivity index (χ2v) is 4.40. The van der Waals surface area contributed by atoms with Crippen molar-refractivity contribution in [1.29, 1.82) is 0 Å². The summed E-state index contributed by atoms with van der Waals surface area (Å²) >= 11 is 0. The Bertz CT molecular complexity index is 437. The zero-order valence-corrected chi connectivity index (χ0v) is 9.94. The van der Waals surface area contributed by atoms with Gasteiger partial charge >= 0.3 is 5.97 Å². The summed E-state index contributed by atoms with van der Waals surface area (Å²) in [5.41, 5.74) is 1.86. The van der Waals surface area contributed by atoms with E-state index >= 15 is 0 Å². The molecular weight excluding hydrogens is 216 g/mol. The highest BCUT2D eigenvalue weighted by molar-refractivity contribution is 5.99. The quantitative estimate of drug-likeness (QED) is 0.698. The maximum Gasteiger partial charge on any atom is 0.309 e. The SMILES string of the molecule is COC(=O)C1CCCc2ccccc2C(=O)C1. The molecule has 3 nitrogen and oxygen atoms in total. The van der Waals surface area contributed by atoms with E-state index in [1.807, 2.05) is 24.3 Å². The molecular formula is C14H16O3. The molecule has 1 aromatic rings. The van der Waals surface area contributed by atoms with Gasteiger partial charge in [-0.1, -0.05) is 24.3 Å². The maximum atomic E-state index is 12.1. The Labute approximate surface area is 101 Å². The van der Waals surface area contributed by atoms with Crippen LogP contribution in [0.25, 0.3) is 0 Å². The standard InChI is InChI=1S/C14H16O3/c1-17-14(16)11-7-4-6-10-5-2-3-8-12(10)13(15)9-11/h2-3,5,8,11H,4,6-7,9H2,1H3. The Balaban J connectivity index is 2.24. The van der Waals surface area contributed by atoms with Crippen LogP contribution in [0.2, 0.25) is 0 Å². The number of rotatable bonds is 1. The average Bonchev–Trinajstić information content (AvgIpc) is 2.34. The molecule has 17 heavy (non-hydrogen) atoms. The number of methoxy groups -OCH3 is 1. The number of hydrogen-bond acceptors (Lipinski definition) is 3. The van der Waals surface area contributed by atoms with E-state index < -0.39 is 0 Å². The van der Waals surface area contributed by atoms with Crippen LogP contribution >= 0.6 is 0 Å². The third kappa shape index (κ3) is 2.54. The highest BCUT2D eigenvalue weighted by atomic mass is 16.5. The van der Waals surface area contributed by atoms with Crippen LogP contribution in [0.15, 0.2) is 24.3 Å². The summed E-state index contributed by atoms with van der Waals surface area (Å²) < 4.78 is 4.73. The monoisotopic (exact) mass is 232 g/mol. The van der Waals surface area contributed by atoms with E-state index in [1.165, 1.54) is 7.11 Å². The van der Waals surface area contributed by atoms with Crippen LogP contribution in [0.3, 0.4) is 0 Å². The first-order valence-corrected chi connectivity index (χ1v) is 5.91. The molecule has 0 fully saturated rings. The minimum Gasteiger partial charge on any atom is -0.469 e. The number of hydrogen-bond donors (Lipinski definition) is 0. The number of fused-ring (bicyclic) bond motifs is 1. The summed E-state index contributed by atoms with van der Waals surface area (Å²) in [5.74, 6) is -0.491. The van der Waals surface area contributed by atoms with Gasteiger partial charge in [-0.15, -0.1) is 0 Å². The topological polar surface area (TPSA) is 43.4 Å². The van der Waals surface area contributed by atoms with E-state index in [0.29, 0.717) is 0 Å². The van der Waals surface area contributed by atoms with E-state index in [4.69, 9.17) is 4.74 Å². The summed E-state index contributed by atoms with van der Waals surface area (Å²) in [4.78, 5) is 23.6. The largest absolute Gasteiger partial charge is 0.469 e. The molecule has 1 aliphatic rings. The van der Waals surface area contributed by atoms with Gasteiger partial charge in [0.25, 0.3) is 0 Å². The fraction of sp³-hybridized carbons (Fsp3) is 0.429. The van der Waals surface area contributed by atoms with Gasteiger partial charge in [0.1, 0.15) is 0 Å². The smallest absolute Gasteiger partial charge is 0.309 e. The molecule has 0 saturated heterocycles. The van der Waals surface area contributed by atoms with Crippen molar-refractivity contribution in [3.8, 4) is 0 Å². The lowest BCUT2D eigenvalue weighted by atomic mass is 9.86. The van der Waals surface area contributed by atoms with Crippen LogP contribution in [-0.4, -0.2) is 18.9 Å². The Morgan fingerprint density at radius 2 is 2.12 bits per heavy atom. The summed E-state index contributed by atoms with van der Waals surface area (Å²) in [6.07, 6.45) is 2.77. The molecule has 1 aliphatic carbocycles. The fourth-order valence-corrected chi connectivity index (χ4v) is 2.35. The molecule has 0 aliphatic heterocycles. The van der Waals surface area contributed by atoms with Gasteiger partial charge < -0.3 is 4.74 Å². The lowest BCUT2D eigenvalue weighted by molar-refractivity contribution is -0.145. The van der Waals surface area contributed by atoms with Crippen LogP contribution in [0.1, 0.15) is 35.2 Å². The van der Waals surface area contributed by atoms with Crippen molar-refractivity contribution in [2.75, 3.05) is 7.11 Å². The van der Waals surface area contributed by atoms with Crippen molar-refractivity contribution in [2.45, 2.75) is 25.7 Å². The highest BCUT2D eigenvalue weighted by Gasteiger charge is 2.26. The molecule has 0 radical (unpaired) electrons. The Morgan fingerprint density at radius 3 is 2.88 bits per heavy atom. The molecule has 0 spiro atoms. The third-order valence-corrected chi connectivity index (χ3v) is 3.28. The number of carbonyl (C=O) groups is 2. The molecule has 1 atom stereocenters. The molecule has 0 saturated carbocycles. The molecule has 0 N–H and O–H groups in total. The van der Waals surface area contributed by atoms with Gasteiger partial charge in [0.2, 0.25) is 0 Å². The third-order valence-electron chi connectivity index (χ3n) is 3.28. The lowest BCUT2D eigenvalue weighted by Crippen LogP contribution is -2.22. The van der Waals surface area contributed by atoms with Crippen molar-refractivity contribution >= 4 is 11.8 Å². The molecule has 90 valence electrons. The van der Waals surface area contributed by atoms with Crippen LogP contribution < -0.4 is 0 Å². The Kier molecular flexibility index (Phi) is 3.57. The number of ether oxygens (including phenoxy) is 1. The zero-order chi connectivity index (χ0) is 12.3. The number of carbonyl (C=O) groups excluding carboxylic acids is 2. The van der Waals surface area contributed by atoms with Gasteiger partial charge in [0.05, 0.1) is 13.0 Å². The zero-order valence-electron chi connectivity index (χ0n) is 9.94. The number of esters is 1. The van der Waals surface area contributed by atoms with Gasteiger partial charge in [-0.25, -0.2) is 0 Å². The number of ketones is 1.